The van der Waals surface area contributed by atoms with Crippen molar-refractivity contribution in [2.75, 3.05) is 32.9 Å². The summed E-state index contributed by atoms with van der Waals surface area (Å²) in [5, 5.41) is 2.87. The molecule has 1 unspecified atom stereocenters. The maximum atomic E-state index is 13.0. The monoisotopic (exact) mass is 380 g/mol. The molecule has 0 aromatic rings. The van der Waals surface area contributed by atoms with Crippen LogP contribution in [0.25, 0.3) is 0 Å². The van der Waals surface area contributed by atoms with E-state index < -0.39 is 6.04 Å². The summed E-state index contributed by atoms with van der Waals surface area (Å²) >= 11 is 0. The fourth-order valence-electron chi connectivity index (χ4n) is 4.39. The number of morpholine rings is 1. The number of carbonyl (C=O) groups is 3. The molecule has 1 aliphatic carbocycles. The third-order valence-corrected chi connectivity index (χ3v) is 6.10. The first kappa shape index (κ1) is 20.3. The maximum absolute atomic E-state index is 13.0. The summed E-state index contributed by atoms with van der Waals surface area (Å²) in [5.74, 6) is -0.162. The summed E-state index contributed by atoms with van der Waals surface area (Å²) in [6.45, 7) is 4.12. The van der Waals surface area contributed by atoms with Gasteiger partial charge in [-0.25, -0.2) is 0 Å². The van der Waals surface area contributed by atoms with Crippen LogP contribution in [0.5, 0.6) is 0 Å². The van der Waals surface area contributed by atoms with Crippen molar-refractivity contribution >= 4 is 17.6 Å². The van der Waals surface area contributed by atoms with Crippen LogP contribution in [-0.2, 0) is 23.9 Å². The second kappa shape index (κ2) is 9.64. The summed E-state index contributed by atoms with van der Waals surface area (Å²) in [7, 11) is 0. The van der Waals surface area contributed by atoms with Crippen molar-refractivity contribution in [3.63, 3.8) is 0 Å². The molecule has 7 nitrogen and oxygen atoms in total. The minimum Gasteiger partial charge on any atom is -0.378 e. The van der Waals surface area contributed by atoms with E-state index >= 15 is 0 Å². The molecule has 0 radical (unpaired) electrons. The molecule has 0 bridgehead atoms. The molecule has 27 heavy (non-hydrogen) atoms. The highest BCUT2D eigenvalue weighted by Gasteiger charge is 2.36. The summed E-state index contributed by atoms with van der Waals surface area (Å²) in [6, 6.07) is -0.593. The van der Waals surface area contributed by atoms with Gasteiger partial charge in [0.1, 0.15) is 12.6 Å². The standard InChI is InChI=1S/C20H32N2O5/c1-14-19(17(23)13-27-14)21-20(25)16(11-15-5-3-2-4-6-15)12-18(24)22-7-9-26-10-8-22/h14-16,19H,2-13H2,1H3,(H,21,25)/t14?,16-,19+/m0/s1. The van der Waals surface area contributed by atoms with E-state index in [1.807, 2.05) is 0 Å². The highest BCUT2D eigenvalue weighted by molar-refractivity contribution is 5.93. The summed E-state index contributed by atoms with van der Waals surface area (Å²) in [6.07, 6.45) is 6.51. The van der Waals surface area contributed by atoms with E-state index in [2.05, 4.69) is 5.32 Å². The van der Waals surface area contributed by atoms with Gasteiger partial charge in [-0.1, -0.05) is 32.1 Å². The number of ether oxygens (including phenoxy) is 2. The normalized spacial score (nSPS) is 28.2. The van der Waals surface area contributed by atoms with Crippen LogP contribution in [-0.4, -0.2) is 67.6 Å². The van der Waals surface area contributed by atoms with Crippen LogP contribution in [0, 0.1) is 11.8 Å². The highest BCUT2D eigenvalue weighted by atomic mass is 16.5. The number of nitrogens with zero attached hydrogens (tertiary/aromatic N) is 1. The highest BCUT2D eigenvalue weighted by Crippen LogP contribution is 2.31. The summed E-state index contributed by atoms with van der Waals surface area (Å²) in [5.41, 5.74) is 0. The van der Waals surface area contributed by atoms with Crippen molar-refractivity contribution in [3.05, 3.63) is 0 Å². The predicted molar refractivity (Wildman–Crippen MR) is 99.0 cm³/mol. The van der Waals surface area contributed by atoms with Gasteiger partial charge in [0.2, 0.25) is 11.8 Å². The molecule has 152 valence electrons. The molecule has 2 heterocycles. The first-order valence-electron chi connectivity index (χ1n) is 10.3. The van der Waals surface area contributed by atoms with Crippen molar-refractivity contribution in [2.45, 2.75) is 64.0 Å². The molecule has 3 atom stereocenters. The first-order valence-corrected chi connectivity index (χ1v) is 10.3. The maximum Gasteiger partial charge on any atom is 0.224 e. The number of rotatable bonds is 6. The zero-order valence-electron chi connectivity index (χ0n) is 16.3. The lowest BCUT2D eigenvalue weighted by Gasteiger charge is -2.30. The Morgan fingerprint density at radius 2 is 1.89 bits per heavy atom. The molecule has 1 N–H and O–H groups in total. The van der Waals surface area contributed by atoms with Crippen LogP contribution < -0.4 is 5.32 Å². The Balaban J connectivity index is 1.63. The van der Waals surface area contributed by atoms with E-state index in [1.165, 1.54) is 19.3 Å². The smallest absolute Gasteiger partial charge is 0.224 e. The molecular weight excluding hydrogens is 348 g/mol. The number of nitrogens with one attached hydrogen (secondary N) is 1. The average molecular weight is 380 g/mol. The molecule has 1 saturated carbocycles. The number of carbonyl (C=O) groups excluding carboxylic acids is 3. The number of ketones is 1. The number of hydrogen-bond acceptors (Lipinski definition) is 5. The molecule has 2 amide bonds. The molecule has 3 aliphatic rings. The molecule has 3 rings (SSSR count). The second-order valence-corrected chi connectivity index (χ2v) is 8.10. The van der Waals surface area contributed by atoms with Gasteiger partial charge in [-0.15, -0.1) is 0 Å². The third-order valence-electron chi connectivity index (χ3n) is 6.10. The molecule has 2 aliphatic heterocycles. The van der Waals surface area contributed by atoms with Gasteiger partial charge in [0.05, 0.1) is 19.3 Å². The van der Waals surface area contributed by atoms with Gasteiger partial charge < -0.3 is 19.7 Å². The topological polar surface area (TPSA) is 84.9 Å². The molecular formula is C20H32N2O5. The van der Waals surface area contributed by atoms with Gasteiger partial charge in [-0.3, -0.25) is 14.4 Å². The van der Waals surface area contributed by atoms with Gasteiger partial charge in [-0.2, -0.15) is 0 Å². The first-order chi connectivity index (χ1) is 13.0. The molecule has 3 fully saturated rings. The van der Waals surface area contributed by atoms with Crippen molar-refractivity contribution in [2.24, 2.45) is 11.8 Å². The van der Waals surface area contributed by atoms with Crippen molar-refractivity contribution < 1.29 is 23.9 Å². The van der Waals surface area contributed by atoms with E-state index in [9.17, 15) is 14.4 Å². The minimum atomic E-state index is -0.593. The Bertz CT molecular complexity index is 540. The molecule has 0 spiro atoms. The SMILES string of the molecule is CC1OCC(=O)[C@@H]1NC(=O)[C@H](CC(=O)N1CCOCC1)CC1CCCCC1. The summed E-state index contributed by atoms with van der Waals surface area (Å²) < 4.78 is 10.6. The number of amides is 2. The van der Waals surface area contributed by atoms with Gasteiger partial charge >= 0.3 is 0 Å². The molecule has 2 saturated heterocycles. The van der Waals surface area contributed by atoms with Gasteiger partial charge in [0, 0.05) is 25.4 Å². The fraction of sp³-hybridized carbons (Fsp3) is 0.850. The number of hydrogen-bond donors (Lipinski definition) is 1. The Morgan fingerprint density at radius 1 is 1.19 bits per heavy atom. The molecule has 0 aromatic carbocycles. The van der Waals surface area contributed by atoms with Crippen LogP contribution >= 0.6 is 0 Å². The van der Waals surface area contributed by atoms with E-state index in [-0.39, 0.29) is 42.6 Å². The third kappa shape index (κ3) is 5.51. The lowest BCUT2D eigenvalue weighted by molar-refractivity contribution is -0.140. The van der Waals surface area contributed by atoms with Crippen LogP contribution in [0.1, 0.15) is 51.9 Å². The van der Waals surface area contributed by atoms with Gasteiger partial charge in [0.25, 0.3) is 0 Å². The van der Waals surface area contributed by atoms with Crippen molar-refractivity contribution in [1.82, 2.24) is 10.2 Å². The predicted octanol–water partition coefficient (Wildman–Crippen LogP) is 1.29. The number of Topliss-reactive ketones (excluding diaryl/α,β-unsaturated/α-hetero) is 1. The van der Waals surface area contributed by atoms with Gasteiger partial charge in [0.15, 0.2) is 5.78 Å². The fourth-order valence-corrected chi connectivity index (χ4v) is 4.39. The average Bonchev–Trinajstić information content (AvgIpc) is 3.01. The van der Waals surface area contributed by atoms with Crippen molar-refractivity contribution in [3.8, 4) is 0 Å². The van der Waals surface area contributed by atoms with Crippen LogP contribution in [0.3, 0.4) is 0 Å². The lowest BCUT2D eigenvalue weighted by Crippen LogP contribution is -2.48. The molecule has 0 aromatic heterocycles. The molecule has 7 heteroatoms. The van der Waals surface area contributed by atoms with E-state index in [0.29, 0.717) is 32.2 Å². The minimum absolute atomic E-state index is 0.0105. The second-order valence-electron chi connectivity index (χ2n) is 8.10. The van der Waals surface area contributed by atoms with Crippen LogP contribution in [0.4, 0.5) is 0 Å². The Kier molecular flexibility index (Phi) is 7.24. The Labute approximate surface area is 161 Å². The largest absolute Gasteiger partial charge is 0.378 e. The van der Waals surface area contributed by atoms with E-state index in [1.54, 1.807) is 11.8 Å². The quantitative estimate of drug-likeness (QED) is 0.751. The van der Waals surface area contributed by atoms with Crippen LogP contribution in [0.15, 0.2) is 0 Å². The Hall–Kier alpha value is -1.47. The van der Waals surface area contributed by atoms with Crippen molar-refractivity contribution in [1.29, 1.82) is 0 Å². The summed E-state index contributed by atoms with van der Waals surface area (Å²) in [4.78, 5) is 39.4. The van der Waals surface area contributed by atoms with Gasteiger partial charge in [-0.05, 0) is 19.3 Å². The zero-order valence-corrected chi connectivity index (χ0v) is 16.3. The Morgan fingerprint density at radius 3 is 2.52 bits per heavy atom. The zero-order chi connectivity index (χ0) is 19.2. The van der Waals surface area contributed by atoms with E-state index in [0.717, 1.165) is 19.3 Å². The van der Waals surface area contributed by atoms with Crippen LogP contribution in [0.2, 0.25) is 0 Å². The van der Waals surface area contributed by atoms with E-state index in [4.69, 9.17) is 9.47 Å². The lowest BCUT2D eigenvalue weighted by atomic mass is 9.81.